The zero-order chi connectivity index (χ0) is 15.3. The number of amides is 1. The average Bonchev–Trinajstić information content (AvgIpc) is 2.44. The van der Waals surface area contributed by atoms with Crippen LogP contribution in [0.3, 0.4) is 0 Å². The van der Waals surface area contributed by atoms with E-state index in [0.717, 1.165) is 17.7 Å². The minimum atomic E-state index is -4.78. The van der Waals surface area contributed by atoms with Crippen molar-refractivity contribution < 1.29 is 22.7 Å². The number of halogens is 3. The molecule has 0 unspecified atom stereocenters. The zero-order valence-corrected chi connectivity index (χ0v) is 10.8. The summed E-state index contributed by atoms with van der Waals surface area (Å²) < 4.78 is 40.1. The van der Waals surface area contributed by atoms with Crippen molar-refractivity contribution in [2.75, 3.05) is 0 Å². The Morgan fingerprint density at radius 1 is 1.19 bits per heavy atom. The third-order valence-corrected chi connectivity index (χ3v) is 2.57. The summed E-state index contributed by atoms with van der Waals surface area (Å²) in [5.41, 5.74) is 0.962. The number of benzene rings is 2. The minimum absolute atomic E-state index is 0.0965. The third-order valence-electron chi connectivity index (χ3n) is 2.57. The van der Waals surface area contributed by atoms with E-state index < -0.39 is 18.0 Å². The van der Waals surface area contributed by atoms with Crippen LogP contribution in [0.4, 0.5) is 13.2 Å². The molecule has 6 heteroatoms. The van der Waals surface area contributed by atoms with E-state index in [2.05, 4.69) is 16.1 Å². The van der Waals surface area contributed by atoms with Gasteiger partial charge in [0.1, 0.15) is 5.75 Å². The lowest BCUT2D eigenvalue weighted by atomic mass is 10.2. The SMILES string of the molecule is O=C(NCc1cc[c]cc1)c1cccc(OC(F)(F)F)c1. The smallest absolute Gasteiger partial charge is 0.406 e. The molecular weight excluding hydrogens is 283 g/mol. The number of nitrogens with one attached hydrogen (secondary N) is 1. The van der Waals surface area contributed by atoms with Gasteiger partial charge in [-0.2, -0.15) is 0 Å². The number of carbonyl (C=O) groups is 1. The molecule has 0 bridgehead atoms. The highest BCUT2D eigenvalue weighted by Gasteiger charge is 2.31. The van der Waals surface area contributed by atoms with E-state index in [0.29, 0.717) is 0 Å². The van der Waals surface area contributed by atoms with Gasteiger partial charge in [-0.3, -0.25) is 4.79 Å². The second kappa shape index (κ2) is 6.30. The lowest BCUT2D eigenvalue weighted by Crippen LogP contribution is -2.23. The molecule has 0 saturated carbocycles. The maximum absolute atomic E-state index is 12.1. The number of hydrogen-bond acceptors (Lipinski definition) is 2. The maximum atomic E-state index is 12.1. The molecule has 0 heterocycles. The van der Waals surface area contributed by atoms with Crippen LogP contribution in [0.1, 0.15) is 15.9 Å². The van der Waals surface area contributed by atoms with E-state index in [1.165, 1.54) is 12.1 Å². The van der Waals surface area contributed by atoms with Gasteiger partial charge in [-0.1, -0.05) is 30.3 Å². The summed E-state index contributed by atoms with van der Waals surface area (Å²) in [5.74, 6) is -0.903. The van der Waals surface area contributed by atoms with Crippen LogP contribution >= 0.6 is 0 Å². The normalized spacial score (nSPS) is 11.0. The molecule has 0 saturated heterocycles. The first-order valence-electron chi connectivity index (χ1n) is 6.03. The fourth-order valence-electron chi connectivity index (χ4n) is 1.66. The second-order valence-corrected chi connectivity index (χ2v) is 4.17. The molecule has 0 fully saturated rings. The van der Waals surface area contributed by atoms with Crippen LogP contribution in [0.15, 0.2) is 48.5 Å². The van der Waals surface area contributed by atoms with Crippen LogP contribution in [-0.4, -0.2) is 12.3 Å². The van der Waals surface area contributed by atoms with Crippen LogP contribution in [-0.2, 0) is 6.54 Å². The van der Waals surface area contributed by atoms with Gasteiger partial charge >= 0.3 is 6.36 Å². The van der Waals surface area contributed by atoms with Gasteiger partial charge in [0.15, 0.2) is 0 Å². The lowest BCUT2D eigenvalue weighted by Gasteiger charge is -2.10. The van der Waals surface area contributed by atoms with Crippen LogP contribution in [0.5, 0.6) is 5.75 Å². The molecule has 0 aliphatic rings. The van der Waals surface area contributed by atoms with E-state index in [9.17, 15) is 18.0 Å². The number of carbonyl (C=O) groups excluding carboxylic acids is 1. The maximum Gasteiger partial charge on any atom is 0.573 e. The minimum Gasteiger partial charge on any atom is -0.406 e. The lowest BCUT2D eigenvalue weighted by molar-refractivity contribution is -0.274. The Balaban J connectivity index is 2.01. The quantitative estimate of drug-likeness (QED) is 0.939. The van der Waals surface area contributed by atoms with Crippen LogP contribution < -0.4 is 10.1 Å². The Kier molecular flexibility index (Phi) is 4.47. The van der Waals surface area contributed by atoms with E-state index in [-0.39, 0.29) is 12.1 Å². The van der Waals surface area contributed by atoms with Crippen molar-refractivity contribution in [1.29, 1.82) is 0 Å². The predicted molar refractivity (Wildman–Crippen MR) is 69.6 cm³/mol. The highest BCUT2D eigenvalue weighted by atomic mass is 19.4. The Morgan fingerprint density at radius 2 is 1.90 bits per heavy atom. The third kappa shape index (κ3) is 4.83. The highest BCUT2D eigenvalue weighted by Crippen LogP contribution is 2.23. The molecule has 1 radical (unpaired) electrons. The fraction of sp³-hybridized carbons (Fsp3) is 0.133. The molecule has 1 N–H and O–H groups in total. The monoisotopic (exact) mass is 294 g/mol. The summed E-state index contributed by atoms with van der Waals surface area (Å²) in [5, 5.41) is 2.62. The van der Waals surface area contributed by atoms with Gasteiger partial charge in [0.2, 0.25) is 0 Å². The first kappa shape index (κ1) is 14.9. The van der Waals surface area contributed by atoms with Crippen molar-refractivity contribution in [1.82, 2.24) is 5.32 Å². The molecule has 0 atom stereocenters. The summed E-state index contributed by atoms with van der Waals surface area (Å²) >= 11 is 0. The summed E-state index contributed by atoms with van der Waals surface area (Å²) in [7, 11) is 0. The molecule has 0 spiro atoms. The standard InChI is InChI=1S/C15H11F3NO2/c16-15(17,18)21-13-8-4-7-12(9-13)14(20)19-10-11-5-2-1-3-6-11/h2-9H,10H2,(H,19,20). The summed E-state index contributed by atoms with van der Waals surface area (Å²) in [6.07, 6.45) is -4.78. The van der Waals surface area contributed by atoms with Gasteiger partial charge in [0.05, 0.1) is 0 Å². The van der Waals surface area contributed by atoms with Crippen molar-refractivity contribution >= 4 is 5.91 Å². The number of ether oxygens (including phenoxy) is 1. The zero-order valence-electron chi connectivity index (χ0n) is 10.8. The number of alkyl halides is 3. The van der Waals surface area contributed by atoms with Crippen LogP contribution in [0.2, 0.25) is 0 Å². The number of rotatable bonds is 4. The molecule has 0 aromatic heterocycles. The van der Waals surface area contributed by atoms with E-state index in [4.69, 9.17) is 0 Å². The van der Waals surface area contributed by atoms with Gasteiger partial charge in [-0.15, -0.1) is 13.2 Å². The van der Waals surface area contributed by atoms with Gasteiger partial charge in [-0.05, 0) is 29.8 Å². The fourth-order valence-corrected chi connectivity index (χ4v) is 1.66. The highest BCUT2D eigenvalue weighted by molar-refractivity contribution is 5.94. The summed E-state index contributed by atoms with van der Waals surface area (Å²) in [4.78, 5) is 11.9. The van der Waals surface area contributed by atoms with Gasteiger partial charge in [-0.25, -0.2) is 0 Å². The first-order chi connectivity index (χ1) is 9.94. The molecule has 0 aliphatic carbocycles. The van der Waals surface area contributed by atoms with E-state index in [1.54, 1.807) is 24.3 Å². The summed E-state index contributed by atoms with van der Waals surface area (Å²) in [6, 6.07) is 14.7. The van der Waals surface area contributed by atoms with Gasteiger partial charge in [0, 0.05) is 12.1 Å². The van der Waals surface area contributed by atoms with Crippen molar-refractivity contribution in [3.8, 4) is 5.75 Å². The second-order valence-electron chi connectivity index (χ2n) is 4.17. The van der Waals surface area contributed by atoms with Crippen LogP contribution in [0.25, 0.3) is 0 Å². The molecule has 109 valence electrons. The molecule has 2 aromatic rings. The van der Waals surface area contributed by atoms with Crippen molar-refractivity contribution in [2.45, 2.75) is 12.9 Å². The Labute approximate surface area is 119 Å². The molecule has 1 amide bonds. The topological polar surface area (TPSA) is 38.3 Å². The summed E-state index contributed by atoms with van der Waals surface area (Å²) in [6.45, 7) is 0.276. The van der Waals surface area contributed by atoms with Crippen molar-refractivity contribution in [3.63, 3.8) is 0 Å². The average molecular weight is 294 g/mol. The molecule has 2 aromatic carbocycles. The van der Waals surface area contributed by atoms with Gasteiger partial charge < -0.3 is 10.1 Å². The van der Waals surface area contributed by atoms with Crippen molar-refractivity contribution in [2.24, 2.45) is 0 Å². The Morgan fingerprint density at radius 3 is 2.57 bits per heavy atom. The van der Waals surface area contributed by atoms with Crippen molar-refractivity contribution in [3.05, 3.63) is 65.7 Å². The van der Waals surface area contributed by atoms with E-state index >= 15 is 0 Å². The molecule has 0 aliphatic heterocycles. The number of hydrogen-bond donors (Lipinski definition) is 1. The molecule has 2 rings (SSSR count). The molecule has 3 nitrogen and oxygen atoms in total. The van der Waals surface area contributed by atoms with E-state index in [1.807, 2.05) is 0 Å². The molecule has 21 heavy (non-hydrogen) atoms. The Hall–Kier alpha value is -2.50. The van der Waals surface area contributed by atoms with Crippen LogP contribution in [0, 0.1) is 6.07 Å². The van der Waals surface area contributed by atoms with Gasteiger partial charge in [0.25, 0.3) is 5.91 Å². The molecular formula is C15H11F3NO2. The first-order valence-corrected chi connectivity index (χ1v) is 6.03. The predicted octanol–water partition coefficient (Wildman–Crippen LogP) is 3.32. The Bertz CT molecular complexity index is 612. The largest absolute Gasteiger partial charge is 0.573 e.